The normalized spacial score (nSPS) is 10.9. The van der Waals surface area contributed by atoms with Crippen molar-refractivity contribution in [2.24, 2.45) is 0 Å². The summed E-state index contributed by atoms with van der Waals surface area (Å²) in [7, 11) is 0. The molecule has 0 fully saturated rings. The number of pyridine rings is 1. The molecular weight excluding hydrogens is 234 g/mol. The third-order valence-corrected chi connectivity index (χ3v) is 3.27. The van der Waals surface area contributed by atoms with Gasteiger partial charge in [-0.3, -0.25) is 4.79 Å². The van der Waals surface area contributed by atoms with E-state index in [1.165, 1.54) is 0 Å². The fourth-order valence-electron chi connectivity index (χ4n) is 1.68. The predicted molar refractivity (Wildman–Crippen MR) is 66.4 cm³/mol. The predicted octanol–water partition coefficient (Wildman–Crippen LogP) is 2.58. The van der Waals surface area contributed by atoms with Crippen LogP contribution in [0.4, 0.5) is 0 Å². The highest BCUT2D eigenvalue weighted by Crippen LogP contribution is 2.21. The van der Waals surface area contributed by atoms with E-state index in [2.05, 4.69) is 10.1 Å². The molecule has 17 heavy (non-hydrogen) atoms. The molecule has 0 atom stereocenters. The molecule has 4 nitrogen and oxygen atoms in total. The van der Waals surface area contributed by atoms with Gasteiger partial charge in [-0.1, -0.05) is 0 Å². The number of fused-ring (bicyclic) bond motifs is 1. The van der Waals surface area contributed by atoms with Gasteiger partial charge in [0.05, 0.1) is 10.5 Å². The molecule has 0 saturated heterocycles. The lowest BCUT2D eigenvalue weighted by atomic mass is 10.3. The lowest BCUT2D eigenvalue weighted by molar-refractivity contribution is 0.112. The van der Waals surface area contributed by atoms with Gasteiger partial charge in [0.15, 0.2) is 6.29 Å². The minimum Gasteiger partial charge on any atom is -0.298 e. The van der Waals surface area contributed by atoms with Crippen molar-refractivity contribution in [3.8, 4) is 11.4 Å². The van der Waals surface area contributed by atoms with Gasteiger partial charge < -0.3 is 0 Å². The van der Waals surface area contributed by atoms with E-state index in [1.54, 1.807) is 28.1 Å². The molecule has 0 radical (unpaired) electrons. The summed E-state index contributed by atoms with van der Waals surface area (Å²) in [4.78, 5) is 15.1. The summed E-state index contributed by atoms with van der Waals surface area (Å²) in [6.07, 6.45) is 2.53. The standard InChI is InChI=1S/C12H9N3OS/c1-8-13-12(7-17-8)11-4-10-3-2-9(6-16)5-15(10)14-11/h2-7H,1H3. The Hall–Kier alpha value is -2.01. The van der Waals surface area contributed by atoms with E-state index in [1.807, 2.05) is 24.4 Å². The van der Waals surface area contributed by atoms with E-state index in [9.17, 15) is 4.79 Å². The molecule has 3 rings (SSSR count). The van der Waals surface area contributed by atoms with Crippen LogP contribution in [0.1, 0.15) is 15.4 Å². The molecule has 0 unspecified atom stereocenters. The highest BCUT2D eigenvalue weighted by Gasteiger charge is 2.07. The van der Waals surface area contributed by atoms with Crippen molar-refractivity contribution in [3.63, 3.8) is 0 Å². The van der Waals surface area contributed by atoms with Crippen molar-refractivity contribution >= 4 is 23.1 Å². The quantitative estimate of drug-likeness (QED) is 0.650. The maximum atomic E-state index is 10.7. The second kappa shape index (κ2) is 3.78. The zero-order valence-corrected chi connectivity index (χ0v) is 9.94. The van der Waals surface area contributed by atoms with Gasteiger partial charge in [-0.15, -0.1) is 11.3 Å². The second-order valence-corrected chi connectivity index (χ2v) is 4.79. The van der Waals surface area contributed by atoms with Crippen LogP contribution < -0.4 is 0 Å². The van der Waals surface area contributed by atoms with Gasteiger partial charge in [-0.2, -0.15) is 5.10 Å². The summed E-state index contributed by atoms with van der Waals surface area (Å²) >= 11 is 1.60. The number of aryl methyl sites for hydroxylation is 1. The number of carbonyl (C=O) groups is 1. The van der Waals surface area contributed by atoms with E-state index in [0.29, 0.717) is 5.56 Å². The Morgan fingerprint density at radius 3 is 2.94 bits per heavy atom. The van der Waals surface area contributed by atoms with Gasteiger partial charge in [0, 0.05) is 17.1 Å². The van der Waals surface area contributed by atoms with Crippen LogP contribution in [-0.2, 0) is 0 Å². The molecule has 3 aromatic rings. The Labute approximate surface area is 102 Å². The molecule has 0 bridgehead atoms. The average Bonchev–Trinajstić information content (AvgIpc) is 2.93. The lowest BCUT2D eigenvalue weighted by Crippen LogP contribution is -1.90. The molecule has 0 spiro atoms. The van der Waals surface area contributed by atoms with Gasteiger partial charge in [0.1, 0.15) is 11.4 Å². The van der Waals surface area contributed by atoms with Crippen molar-refractivity contribution in [2.75, 3.05) is 0 Å². The van der Waals surface area contributed by atoms with E-state index in [-0.39, 0.29) is 0 Å². The Morgan fingerprint density at radius 2 is 2.24 bits per heavy atom. The number of hydrogen-bond donors (Lipinski definition) is 0. The monoisotopic (exact) mass is 243 g/mol. The van der Waals surface area contributed by atoms with E-state index in [0.717, 1.165) is 28.2 Å². The van der Waals surface area contributed by atoms with Gasteiger partial charge in [-0.05, 0) is 25.1 Å². The number of nitrogens with zero attached hydrogens (tertiary/aromatic N) is 3. The molecule has 0 N–H and O–H groups in total. The van der Waals surface area contributed by atoms with Gasteiger partial charge in [0.25, 0.3) is 0 Å². The number of hydrogen-bond acceptors (Lipinski definition) is 4. The number of aldehydes is 1. The first kappa shape index (κ1) is 10.2. The zero-order valence-electron chi connectivity index (χ0n) is 9.12. The van der Waals surface area contributed by atoms with Gasteiger partial charge >= 0.3 is 0 Å². The summed E-state index contributed by atoms with van der Waals surface area (Å²) < 4.78 is 1.70. The van der Waals surface area contributed by atoms with Crippen LogP contribution in [0.25, 0.3) is 16.9 Å². The molecule has 0 aliphatic heterocycles. The first-order chi connectivity index (χ1) is 8.26. The number of rotatable bonds is 2. The third kappa shape index (κ3) is 1.74. The minimum absolute atomic E-state index is 0.613. The second-order valence-electron chi connectivity index (χ2n) is 3.73. The van der Waals surface area contributed by atoms with Gasteiger partial charge in [-0.25, -0.2) is 9.50 Å². The third-order valence-electron chi connectivity index (χ3n) is 2.50. The van der Waals surface area contributed by atoms with E-state index >= 15 is 0 Å². The Bertz CT molecular complexity index is 699. The maximum Gasteiger partial charge on any atom is 0.151 e. The van der Waals surface area contributed by atoms with Crippen LogP contribution in [0.5, 0.6) is 0 Å². The zero-order chi connectivity index (χ0) is 11.8. The maximum absolute atomic E-state index is 10.7. The van der Waals surface area contributed by atoms with Crippen LogP contribution >= 0.6 is 11.3 Å². The van der Waals surface area contributed by atoms with Crippen molar-refractivity contribution in [2.45, 2.75) is 6.92 Å². The average molecular weight is 243 g/mol. The molecule has 84 valence electrons. The molecule has 5 heteroatoms. The Balaban J connectivity index is 2.16. The lowest BCUT2D eigenvalue weighted by Gasteiger charge is -1.92. The van der Waals surface area contributed by atoms with E-state index in [4.69, 9.17) is 0 Å². The number of thiazole rings is 1. The number of carbonyl (C=O) groups excluding carboxylic acids is 1. The summed E-state index contributed by atoms with van der Waals surface area (Å²) in [6, 6.07) is 5.61. The topological polar surface area (TPSA) is 47.3 Å². The highest BCUT2D eigenvalue weighted by atomic mass is 32.1. The molecule has 0 aromatic carbocycles. The van der Waals surface area contributed by atoms with Crippen molar-refractivity contribution in [3.05, 3.63) is 40.3 Å². The smallest absolute Gasteiger partial charge is 0.151 e. The molecular formula is C12H9N3OS. The first-order valence-electron chi connectivity index (χ1n) is 5.13. The van der Waals surface area contributed by atoms with Crippen molar-refractivity contribution < 1.29 is 4.79 Å². The largest absolute Gasteiger partial charge is 0.298 e. The van der Waals surface area contributed by atoms with Crippen LogP contribution in [-0.4, -0.2) is 20.9 Å². The van der Waals surface area contributed by atoms with E-state index < -0.39 is 0 Å². The Kier molecular flexibility index (Phi) is 2.26. The summed E-state index contributed by atoms with van der Waals surface area (Å²) in [5, 5.41) is 7.41. The molecule has 0 amide bonds. The summed E-state index contributed by atoms with van der Waals surface area (Å²) in [6.45, 7) is 1.97. The van der Waals surface area contributed by atoms with Crippen LogP contribution in [0.3, 0.4) is 0 Å². The van der Waals surface area contributed by atoms with Crippen LogP contribution in [0.15, 0.2) is 29.8 Å². The molecule has 0 aliphatic rings. The highest BCUT2D eigenvalue weighted by molar-refractivity contribution is 7.09. The Morgan fingerprint density at radius 1 is 1.35 bits per heavy atom. The van der Waals surface area contributed by atoms with Crippen molar-refractivity contribution in [1.82, 2.24) is 14.6 Å². The molecule has 3 heterocycles. The fraction of sp³-hybridized carbons (Fsp3) is 0.0833. The van der Waals surface area contributed by atoms with Crippen LogP contribution in [0, 0.1) is 6.92 Å². The number of aromatic nitrogens is 3. The van der Waals surface area contributed by atoms with Gasteiger partial charge in [0.2, 0.25) is 0 Å². The van der Waals surface area contributed by atoms with Crippen LogP contribution in [0.2, 0.25) is 0 Å². The minimum atomic E-state index is 0.613. The SMILES string of the molecule is Cc1nc(-c2cc3ccc(C=O)cn3n2)cs1. The summed E-state index contributed by atoms with van der Waals surface area (Å²) in [5.74, 6) is 0. The molecule has 3 aromatic heterocycles. The first-order valence-corrected chi connectivity index (χ1v) is 6.01. The summed E-state index contributed by atoms with van der Waals surface area (Å²) in [5.41, 5.74) is 3.28. The molecule has 0 saturated carbocycles. The molecule has 0 aliphatic carbocycles. The fourth-order valence-corrected chi connectivity index (χ4v) is 2.29. The van der Waals surface area contributed by atoms with Crippen molar-refractivity contribution in [1.29, 1.82) is 0 Å².